The number of hydrogen-bond acceptors (Lipinski definition) is 4. The second-order valence-corrected chi connectivity index (χ2v) is 3.49. The second-order valence-electron chi connectivity index (χ2n) is 2.68. The van der Waals surface area contributed by atoms with Crippen molar-refractivity contribution in [2.75, 3.05) is 40.1 Å². The Morgan fingerprint density at radius 2 is 2.31 bits per heavy atom. The van der Waals surface area contributed by atoms with Gasteiger partial charge in [-0.15, -0.1) is 0 Å². The van der Waals surface area contributed by atoms with Crippen molar-refractivity contribution in [2.24, 2.45) is 0 Å². The largest absolute Gasteiger partial charge is 0.383 e. The number of carbonyl (C=O) groups excluding carboxylic acids is 1. The second kappa shape index (κ2) is 8.29. The lowest BCUT2D eigenvalue weighted by Crippen LogP contribution is -2.22. The van der Waals surface area contributed by atoms with Crippen LogP contribution in [0.5, 0.6) is 0 Å². The van der Waals surface area contributed by atoms with Crippen molar-refractivity contribution in [1.29, 1.82) is 0 Å². The molecule has 0 aliphatic heterocycles. The van der Waals surface area contributed by atoms with E-state index in [1.807, 2.05) is 13.1 Å². The van der Waals surface area contributed by atoms with Crippen LogP contribution >= 0.6 is 11.8 Å². The molecule has 13 heavy (non-hydrogen) atoms. The summed E-state index contributed by atoms with van der Waals surface area (Å²) in [4.78, 5) is 12.9. The number of likely N-dealkylation sites (N-methyl/N-ethyl adjacent to an activating group) is 1. The summed E-state index contributed by atoms with van der Waals surface area (Å²) in [6, 6.07) is 0. The van der Waals surface area contributed by atoms with Gasteiger partial charge in [0.25, 0.3) is 0 Å². The van der Waals surface area contributed by atoms with Crippen LogP contribution in [0, 0.1) is 0 Å². The predicted octanol–water partition coefficient (Wildman–Crippen LogP) is 1.01. The molecule has 0 fully saturated rings. The lowest BCUT2D eigenvalue weighted by atomic mass is 10.4. The zero-order valence-electron chi connectivity index (χ0n) is 8.45. The average molecular weight is 203 g/mol. The van der Waals surface area contributed by atoms with Crippen LogP contribution in [0.3, 0.4) is 0 Å². The third-order valence-corrected chi connectivity index (χ3v) is 2.09. The topological polar surface area (TPSA) is 29.5 Å². The Labute approximate surface area is 84.1 Å². The quantitative estimate of drug-likeness (QED) is 0.603. The van der Waals surface area contributed by atoms with Gasteiger partial charge in [-0.25, -0.2) is 0 Å². The normalized spacial score (nSPS) is 11.4. The van der Waals surface area contributed by atoms with Gasteiger partial charge in [0.2, 0.25) is 5.12 Å². The van der Waals surface area contributed by atoms with Crippen LogP contribution in [0.15, 0.2) is 12.2 Å². The molecular formula is C9H17NO2S. The minimum Gasteiger partial charge on any atom is -0.383 e. The maximum Gasteiger partial charge on any atom is 0.211 e. The fourth-order valence-electron chi connectivity index (χ4n) is 0.735. The SMILES string of the molecule is COCCN(C)C/C=C/C(=O)SC. The van der Waals surface area contributed by atoms with E-state index < -0.39 is 0 Å². The zero-order valence-corrected chi connectivity index (χ0v) is 9.26. The third-order valence-electron chi connectivity index (χ3n) is 1.55. The minimum atomic E-state index is 0.0974. The van der Waals surface area contributed by atoms with Gasteiger partial charge in [-0.1, -0.05) is 17.8 Å². The summed E-state index contributed by atoms with van der Waals surface area (Å²) in [5.41, 5.74) is 0. The molecule has 0 spiro atoms. The summed E-state index contributed by atoms with van der Waals surface area (Å²) in [5, 5.41) is 0.0974. The van der Waals surface area contributed by atoms with Gasteiger partial charge in [0, 0.05) is 20.2 Å². The fraction of sp³-hybridized carbons (Fsp3) is 0.667. The molecule has 0 amide bonds. The Morgan fingerprint density at radius 3 is 2.85 bits per heavy atom. The van der Waals surface area contributed by atoms with Crippen molar-refractivity contribution < 1.29 is 9.53 Å². The van der Waals surface area contributed by atoms with E-state index in [0.29, 0.717) is 0 Å². The highest BCUT2D eigenvalue weighted by atomic mass is 32.2. The Bertz CT molecular complexity index is 171. The number of nitrogens with zero attached hydrogens (tertiary/aromatic N) is 1. The molecule has 0 unspecified atom stereocenters. The van der Waals surface area contributed by atoms with Crippen molar-refractivity contribution >= 4 is 16.9 Å². The molecule has 0 rings (SSSR count). The van der Waals surface area contributed by atoms with E-state index >= 15 is 0 Å². The van der Waals surface area contributed by atoms with Crippen LogP contribution in [0.2, 0.25) is 0 Å². The maximum absolute atomic E-state index is 10.8. The molecule has 0 heterocycles. The predicted molar refractivity (Wildman–Crippen MR) is 57.0 cm³/mol. The first-order valence-electron chi connectivity index (χ1n) is 4.12. The number of rotatable bonds is 6. The lowest BCUT2D eigenvalue weighted by molar-refractivity contribution is -0.107. The summed E-state index contributed by atoms with van der Waals surface area (Å²) in [7, 11) is 3.67. The van der Waals surface area contributed by atoms with Gasteiger partial charge in [-0.3, -0.25) is 4.79 Å². The molecule has 0 saturated carbocycles. The van der Waals surface area contributed by atoms with Crippen LogP contribution in [-0.4, -0.2) is 50.1 Å². The van der Waals surface area contributed by atoms with E-state index in [1.165, 1.54) is 11.8 Å². The molecule has 4 heteroatoms. The van der Waals surface area contributed by atoms with Crippen molar-refractivity contribution in [1.82, 2.24) is 4.90 Å². The molecule has 0 aliphatic rings. The fourth-order valence-corrected chi connectivity index (χ4v) is 0.968. The first-order valence-corrected chi connectivity index (χ1v) is 5.35. The van der Waals surface area contributed by atoms with Crippen LogP contribution in [0.25, 0.3) is 0 Å². The van der Waals surface area contributed by atoms with Crippen LogP contribution in [-0.2, 0) is 9.53 Å². The molecule has 0 aromatic rings. The molecule has 0 aromatic heterocycles. The van der Waals surface area contributed by atoms with E-state index in [1.54, 1.807) is 19.4 Å². The van der Waals surface area contributed by atoms with Crippen molar-refractivity contribution in [3.8, 4) is 0 Å². The van der Waals surface area contributed by atoms with Gasteiger partial charge in [0.15, 0.2) is 0 Å². The summed E-state index contributed by atoms with van der Waals surface area (Å²) < 4.78 is 4.92. The van der Waals surface area contributed by atoms with Crippen LogP contribution in [0.1, 0.15) is 0 Å². The van der Waals surface area contributed by atoms with Crippen LogP contribution < -0.4 is 0 Å². The highest BCUT2D eigenvalue weighted by Gasteiger charge is 1.94. The monoisotopic (exact) mass is 203 g/mol. The molecule has 0 radical (unpaired) electrons. The lowest BCUT2D eigenvalue weighted by Gasteiger charge is -2.12. The Hall–Kier alpha value is -0.320. The highest BCUT2D eigenvalue weighted by molar-refractivity contribution is 8.13. The van der Waals surface area contributed by atoms with Gasteiger partial charge in [-0.05, 0) is 19.4 Å². The number of carbonyl (C=O) groups is 1. The molecule has 0 N–H and O–H groups in total. The molecular weight excluding hydrogens is 186 g/mol. The van der Waals surface area contributed by atoms with Crippen LogP contribution in [0.4, 0.5) is 0 Å². The molecule has 0 atom stereocenters. The van der Waals surface area contributed by atoms with Crippen molar-refractivity contribution in [3.63, 3.8) is 0 Å². The smallest absolute Gasteiger partial charge is 0.211 e. The molecule has 0 aromatic carbocycles. The summed E-state index contributed by atoms with van der Waals surface area (Å²) in [6.07, 6.45) is 5.25. The van der Waals surface area contributed by atoms with Gasteiger partial charge in [-0.2, -0.15) is 0 Å². The van der Waals surface area contributed by atoms with E-state index in [-0.39, 0.29) is 5.12 Å². The highest BCUT2D eigenvalue weighted by Crippen LogP contribution is 1.95. The van der Waals surface area contributed by atoms with Gasteiger partial charge >= 0.3 is 0 Å². The number of methoxy groups -OCH3 is 1. The maximum atomic E-state index is 10.8. The van der Waals surface area contributed by atoms with Crippen molar-refractivity contribution in [2.45, 2.75) is 0 Å². The number of thioether (sulfide) groups is 1. The Morgan fingerprint density at radius 1 is 1.62 bits per heavy atom. The Kier molecular flexibility index (Phi) is 8.08. The average Bonchev–Trinajstić information content (AvgIpc) is 2.14. The molecule has 3 nitrogen and oxygen atoms in total. The van der Waals surface area contributed by atoms with Gasteiger partial charge in [0.05, 0.1) is 6.61 Å². The summed E-state index contributed by atoms with van der Waals surface area (Å²) in [6.45, 7) is 2.39. The van der Waals surface area contributed by atoms with E-state index in [4.69, 9.17) is 4.74 Å². The Balaban J connectivity index is 3.50. The third kappa shape index (κ3) is 8.02. The zero-order chi connectivity index (χ0) is 10.1. The molecule has 0 saturated heterocycles. The molecule has 76 valence electrons. The minimum absolute atomic E-state index is 0.0974. The first-order chi connectivity index (χ1) is 6.20. The van der Waals surface area contributed by atoms with E-state index in [9.17, 15) is 4.79 Å². The van der Waals surface area contributed by atoms with Crippen molar-refractivity contribution in [3.05, 3.63) is 12.2 Å². The number of hydrogen-bond donors (Lipinski definition) is 0. The van der Waals surface area contributed by atoms with Gasteiger partial charge < -0.3 is 9.64 Å². The molecule has 0 bridgehead atoms. The van der Waals surface area contributed by atoms with E-state index in [0.717, 1.165) is 19.7 Å². The number of ether oxygens (including phenoxy) is 1. The van der Waals surface area contributed by atoms with E-state index in [2.05, 4.69) is 4.90 Å². The first kappa shape index (κ1) is 12.7. The summed E-state index contributed by atoms with van der Waals surface area (Å²) >= 11 is 1.23. The standard InChI is InChI=1S/C9H17NO2S/c1-10(7-8-12-2)6-4-5-9(11)13-3/h4-5H,6-8H2,1-3H3/b5-4+. The summed E-state index contributed by atoms with van der Waals surface area (Å²) in [5.74, 6) is 0. The molecule has 0 aliphatic carbocycles. The van der Waals surface area contributed by atoms with Gasteiger partial charge in [0.1, 0.15) is 0 Å².